The molecule has 0 bridgehead atoms. The minimum Gasteiger partial charge on any atom is -0.308 e. The van der Waals surface area contributed by atoms with Crippen LogP contribution in [0.25, 0.3) is 233 Å². The van der Waals surface area contributed by atoms with Crippen molar-refractivity contribution < 1.29 is 0 Å². The van der Waals surface area contributed by atoms with E-state index >= 15 is 0 Å². The van der Waals surface area contributed by atoms with E-state index in [0.29, 0.717) is 17.6 Å². The van der Waals surface area contributed by atoms with Crippen molar-refractivity contribution in [3.05, 3.63) is 419 Å². The number of fused-ring (bicyclic) bond motifs is 18. The van der Waals surface area contributed by atoms with E-state index in [-0.39, 0.29) is 0 Å². The van der Waals surface area contributed by atoms with Crippen LogP contribution in [0.3, 0.4) is 0 Å². The van der Waals surface area contributed by atoms with E-state index in [1.165, 1.54) is 16.2 Å². The quantitative estimate of drug-likeness (QED) is 0.117. The first kappa shape index (κ1) is 71.5. The molecule has 12 aromatic heterocycles. The maximum atomic E-state index is 5.23. The summed E-state index contributed by atoms with van der Waals surface area (Å²) in [6, 6.07) is 134. The predicted octanol–water partition coefficient (Wildman–Crippen LogP) is 26.5. The molecule has 0 atom stereocenters. The van der Waals surface area contributed by atoms with Gasteiger partial charge in [-0.05, 0) is 138 Å². The Morgan fingerprint density at radius 2 is 0.468 bits per heavy atom. The van der Waals surface area contributed by atoms with Crippen LogP contribution in [0, 0.1) is 0 Å². The summed E-state index contributed by atoms with van der Waals surface area (Å²) in [4.78, 5) is 44.9. The van der Waals surface area contributed by atoms with Gasteiger partial charge in [-0.15, -0.1) is 0 Å². The highest BCUT2D eigenvalue weighted by Crippen LogP contribution is 2.44. The van der Waals surface area contributed by atoms with E-state index in [9.17, 15) is 0 Å². The summed E-state index contributed by atoms with van der Waals surface area (Å²) in [7, 11) is 0. The van der Waals surface area contributed by atoms with Crippen molar-refractivity contribution in [2.45, 2.75) is 0 Å². The summed E-state index contributed by atoms with van der Waals surface area (Å²) in [6.45, 7) is 0. The average Bonchev–Trinajstić information content (AvgIpc) is 1.51. The Hall–Kier alpha value is -17.4. The smallest absolute Gasteiger partial charge is 0.234 e. The van der Waals surface area contributed by atoms with Gasteiger partial charge in [0.2, 0.25) is 5.95 Å². The topological polar surface area (TPSA) is 146 Å². The molecular weight excluding hydrogens is 1540 g/mol. The SMILES string of the molecule is c1ccc(-c2cc(-n3c4ccccc4c4cc(-c5ccc6c(c5)c5ccccc5n6-c5cncc(-n6c7ccccc7c7ncccc76)c5)ccc43)nc(-c3ccccc3)n2)cc1.c1ccc(-c2cc(-n3c4ccccc4c4cc(-c5ccc6c(c5)c5ccccc5n6-c5ncc(-n6c7ccccc7c7ncccc76)cn5)ccc43)nc(-c3ccccc3)n2)cc1. The average molecular weight is 1610 g/mol. The van der Waals surface area contributed by atoms with Gasteiger partial charge in [0.15, 0.2) is 11.6 Å². The van der Waals surface area contributed by atoms with Gasteiger partial charge in [0.05, 0.1) is 130 Å². The molecule has 0 saturated heterocycles. The largest absolute Gasteiger partial charge is 0.308 e. The van der Waals surface area contributed by atoms with Crippen molar-refractivity contribution in [3.8, 4) is 102 Å². The molecule has 15 heteroatoms. The minimum atomic E-state index is 0.612. The molecule has 0 spiro atoms. The molecule has 0 radical (unpaired) electrons. The van der Waals surface area contributed by atoms with Crippen LogP contribution >= 0.6 is 0 Å². The molecule has 14 aromatic carbocycles. The Balaban J connectivity index is 0.000000137. The number of nitrogens with zero attached hydrogens (tertiary/aromatic N) is 15. The zero-order chi connectivity index (χ0) is 82.9. The van der Waals surface area contributed by atoms with Gasteiger partial charge in [0.25, 0.3) is 0 Å². The van der Waals surface area contributed by atoms with Crippen LogP contribution in [0.4, 0.5) is 0 Å². The van der Waals surface area contributed by atoms with Crippen LogP contribution in [-0.2, 0) is 0 Å². The van der Waals surface area contributed by atoms with Crippen molar-refractivity contribution in [2.24, 2.45) is 0 Å². The first-order valence-corrected chi connectivity index (χ1v) is 42.1. The number of aromatic nitrogens is 15. The van der Waals surface area contributed by atoms with Crippen LogP contribution in [0.1, 0.15) is 0 Å². The summed E-state index contributed by atoms with van der Waals surface area (Å²) in [6.07, 6.45) is 11.4. The molecule has 126 heavy (non-hydrogen) atoms. The molecule has 0 aliphatic rings. The fraction of sp³-hybridized carbons (Fsp3) is 0. The number of hydrogen-bond donors (Lipinski definition) is 0. The molecule has 0 N–H and O–H groups in total. The normalized spacial score (nSPS) is 11.8. The summed E-state index contributed by atoms with van der Waals surface area (Å²) in [5.41, 5.74) is 28.0. The fourth-order valence-electron chi connectivity index (χ4n) is 19.0. The van der Waals surface area contributed by atoms with E-state index in [1.54, 1.807) is 0 Å². The molecule has 12 heterocycles. The lowest BCUT2D eigenvalue weighted by atomic mass is 10.0. The molecule has 0 aliphatic carbocycles. The number of hydrogen-bond acceptors (Lipinski definition) is 9. The predicted molar refractivity (Wildman–Crippen MR) is 512 cm³/mol. The van der Waals surface area contributed by atoms with Gasteiger partial charge in [-0.1, -0.05) is 255 Å². The Morgan fingerprint density at radius 3 is 0.865 bits per heavy atom. The maximum absolute atomic E-state index is 5.23. The third kappa shape index (κ3) is 11.7. The molecule has 26 rings (SSSR count). The van der Waals surface area contributed by atoms with Gasteiger partial charge in [0, 0.05) is 101 Å². The second-order valence-electron chi connectivity index (χ2n) is 31.8. The highest BCUT2D eigenvalue weighted by Gasteiger charge is 2.25. The van der Waals surface area contributed by atoms with E-state index in [1.807, 2.05) is 110 Å². The van der Waals surface area contributed by atoms with Crippen molar-refractivity contribution in [3.63, 3.8) is 0 Å². The highest BCUT2D eigenvalue weighted by molar-refractivity contribution is 6.16. The Kier molecular flexibility index (Phi) is 16.6. The second-order valence-corrected chi connectivity index (χ2v) is 31.8. The van der Waals surface area contributed by atoms with Crippen molar-refractivity contribution in [1.29, 1.82) is 0 Å². The van der Waals surface area contributed by atoms with Gasteiger partial charge in [-0.2, -0.15) is 0 Å². The van der Waals surface area contributed by atoms with Crippen LogP contribution in [0.15, 0.2) is 419 Å². The van der Waals surface area contributed by atoms with Crippen LogP contribution in [-0.4, -0.2) is 72.3 Å². The van der Waals surface area contributed by atoms with Gasteiger partial charge in [-0.25, -0.2) is 29.9 Å². The second kappa shape index (κ2) is 29.2. The van der Waals surface area contributed by atoms with Crippen LogP contribution in [0.2, 0.25) is 0 Å². The first-order chi connectivity index (χ1) is 62.5. The minimum absolute atomic E-state index is 0.612. The van der Waals surface area contributed by atoms with Gasteiger partial charge in [-0.3, -0.25) is 28.7 Å². The summed E-state index contributed by atoms with van der Waals surface area (Å²) in [5, 5.41) is 11.5. The maximum Gasteiger partial charge on any atom is 0.234 e. The Morgan fingerprint density at radius 1 is 0.175 bits per heavy atom. The molecule has 0 amide bonds. The van der Waals surface area contributed by atoms with E-state index < -0.39 is 0 Å². The molecular formula is C111H69N15. The molecule has 0 unspecified atom stereocenters. The summed E-state index contributed by atoms with van der Waals surface area (Å²) in [5.74, 6) is 3.63. The molecule has 0 aliphatic heterocycles. The monoisotopic (exact) mass is 1610 g/mol. The number of rotatable bonds is 12. The van der Waals surface area contributed by atoms with Crippen molar-refractivity contribution in [1.82, 2.24) is 72.3 Å². The number of pyridine rings is 3. The van der Waals surface area contributed by atoms with Gasteiger partial charge in [0.1, 0.15) is 11.6 Å². The lowest BCUT2D eigenvalue weighted by Gasteiger charge is -2.12. The molecule has 588 valence electrons. The number of para-hydroxylation sites is 6. The van der Waals surface area contributed by atoms with Gasteiger partial charge < -0.3 is 13.7 Å². The summed E-state index contributed by atoms with van der Waals surface area (Å²) < 4.78 is 13.5. The highest BCUT2D eigenvalue weighted by atomic mass is 15.2. The fourth-order valence-corrected chi connectivity index (χ4v) is 19.0. The molecule has 0 saturated carbocycles. The molecule has 0 fully saturated rings. The van der Waals surface area contributed by atoms with Gasteiger partial charge >= 0.3 is 0 Å². The Bertz CT molecular complexity index is 8630. The lowest BCUT2D eigenvalue weighted by molar-refractivity contribution is 0.967. The lowest BCUT2D eigenvalue weighted by Crippen LogP contribution is -2.03. The van der Waals surface area contributed by atoms with Crippen molar-refractivity contribution >= 4 is 131 Å². The third-order valence-electron chi connectivity index (χ3n) is 24.6. The van der Waals surface area contributed by atoms with E-state index in [0.717, 1.165) is 200 Å². The number of benzene rings is 14. The first-order valence-electron chi connectivity index (χ1n) is 42.1. The summed E-state index contributed by atoms with van der Waals surface area (Å²) >= 11 is 0. The molecule has 26 aromatic rings. The standard InChI is InChI=1S/C56H35N7.C55H34N8/c1-3-14-36(15-4-1)47-33-54(60-56(59-47)37-16-5-2-6-17-37)63-49-22-11-8-19-43(49)46-31-39(26-28-52(46)63)38-25-27-51-45(30-38)42-18-7-10-21-48(42)61(51)40-32-41(35-57-34-40)62-50-23-12-9-20-44(50)55-53(62)24-13-29-58-55;1-3-14-35(15-4-1)45-32-52(60-54(59-45)36-16-5-2-6-17-36)62-46-21-10-7-18-40(46)43-30-37(25-27-49(43)62)38-26-28-50-44(31-38)41-19-8-11-22-47(41)63(50)55-57-33-39(34-58-55)61-48-23-12-9-20-42(48)53-51(61)24-13-29-56-53/h1-35H;1-34H. The van der Waals surface area contributed by atoms with Crippen LogP contribution < -0.4 is 0 Å². The third-order valence-corrected chi connectivity index (χ3v) is 24.6. The van der Waals surface area contributed by atoms with E-state index in [4.69, 9.17) is 44.9 Å². The zero-order valence-corrected chi connectivity index (χ0v) is 67.5. The Labute approximate surface area is 720 Å². The molecule has 15 nitrogen and oxygen atoms in total. The zero-order valence-electron chi connectivity index (χ0n) is 67.5. The van der Waals surface area contributed by atoms with E-state index in [2.05, 4.69) is 337 Å². The van der Waals surface area contributed by atoms with Crippen molar-refractivity contribution in [2.75, 3.05) is 0 Å². The van der Waals surface area contributed by atoms with Crippen LogP contribution in [0.5, 0.6) is 0 Å².